The molecule has 2 N–H and O–H groups in total. The molecule has 0 bridgehead atoms. The zero-order chi connectivity index (χ0) is 22.7. The molecular formula is C26H32ClNO4. The number of rotatable bonds is 6. The second-order valence-corrected chi connectivity index (χ2v) is 8.94. The number of allylic oxidation sites excluding steroid dienone is 4. The lowest BCUT2D eigenvalue weighted by molar-refractivity contribution is -0.123. The maximum Gasteiger partial charge on any atom is 0.142 e. The van der Waals surface area contributed by atoms with Gasteiger partial charge in [-0.3, -0.25) is 0 Å². The maximum absolute atomic E-state index is 10.6. The number of hydrogen-bond donors (Lipinski definition) is 2. The Hall–Kier alpha value is -2.05. The third kappa shape index (κ3) is 4.81. The summed E-state index contributed by atoms with van der Waals surface area (Å²) in [5.41, 5.74) is 4.29. The van der Waals surface area contributed by atoms with Crippen LogP contribution in [0.3, 0.4) is 0 Å². The quantitative estimate of drug-likeness (QED) is 0.628. The fourth-order valence-electron chi connectivity index (χ4n) is 4.76. The molecule has 4 atom stereocenters. The summed E-state index contributed by atoms with van der Waals surface area (Å²) in [7, 11) is 0. The first-order valence-corrected chi connectivity index (χ1v) is 11.8. The average Bonchev–Trinajstić information content (AvgIpc) is 2.99. The SMILES string of the molecule is C=CC1C(O)CC(C2=CCC=C(Cl)C(Cc3ccc4c(c3)N(CC)CCO4)=C2)OC1CO. The molecule has 1 aromatic rings. The van der Waals surface area contributed by atoms with Crippen molar-refractivity contribution in [2.45, 2.75) is 44.5 Å². The van der Waals surface area contributed by atoms with Gasteiger partial charge < -0.3 is 24.6 Å². The van der Waals surface area contributed by atoms with Crippen molar-refractivity contribution in [1.82, 2.24) is 0 Å². The third-order valence-electron chi connectivity index (χ3n) is 6.55. The van der Waals surface area contributed by atoms with Crippen molar-refractivity contribution in [1.29, 1.82) is 0 Å². The lowest BCUT2D eigenvalue weighted by Crippen LogP contribution is -2.45. The lowest BCUT2D eigenvalue weighted by atomic mass is 9.86. The molecule has 6 heteroatoms. The van der Waals surface area contributed by atoms with E-state index in [4.69, 9.17) is 21.1 Å². The van der Waals surface area contributed by atoms with Gasteiger partial charge in [-0.05, 0) is 48.6 Å². The zero-order valence-electron chi connectivity index (χ0n) is 18.5. The van der Waals surface area contributed by atoms with Crippen LogP contribution in [0, 0.1) is 5.92 Å². The number of hydrogen-bond acceptors (Lipinski definition) is 5. The Morgan fingerprint density at radius 1 is 1.31 bits per heavy atom. The Kier molecular flexibility index (Phi) is 7.41. The lowest BCUT2D eigenvalue weighted by Gasteiger charge is -2.38. The largest absolute Gasteiger partial charge is 0.490 e. The van der Waals surface area contributed by atoms with Crippen LogP contribution in [0.15, 0.2) is 65.3 Å². The van der Waals surface area contributed by atoms with Crippen molar-refractivity contribution in [2.75, 3.05) is 31.2 Å². The highest BCUT2D eigenvalue weighted by Gasteiger charge is 2.37. The number of halogens is 1. The van der Waals surface area contributed by atoms with Gasteiger partial charge in [0.1, 0.15) is 12.4 Å². The maximum atomic E-state index is 10.6. The van der Waals surface area contributed by atoms with E-state index in [2.05, 4.69) is 42.7 Å². The van der Waals surface area contributed by atoms with E-state index in [9.17, 15) is 10.2 Å². The fraction of sp³-hybridized carbons (Fsp3) is 0.462. The minimum absolute atomic E-state index is 0.155. The standard InChI is InChI=1S/C26H32ClNO4/c1-3-20-23(30)15-25(32-26(20)16-29)18-6-5-7-21(27)19(14-18)12-17-8-9-24-22(13-17)28(4-2)10-11-31-24/h3,6-9,13-14,20,23,25-26,29-30H,1,4-5,10-12,15-16H2,2H3. The Morgan fingerprint density at radius 2 is 2.16 bits per heavy atom. The van der Waals surface area contributed by atoms with Crippen molar-refractivity contribution >= 4 is 17.3 Å². The molecule has 2 heterocycles. The molecule has 4 rings (SSSR count). The molecule has 1 aromatic carbocycles. The predicted octanol–water partition coefficient (Wildman–Crippen LogP) is 4.14. The normalized spacial score (nSPS) is 28.0. The van der Waals surface area contributed by atoms with Crippen molar-refractivity contribution in [3.63, 3.8) is 0 Å². The summed E-state index contributed by atoms with van der Waals surface area (Å²) in [6.07, 6.45) is 8.33. The number of benzene rings is 1. The van der Waals surface area contributed by atoms with Crippen LogP contribution in [-0.4, -0.2) is 54.8 Å². The summed E-state index contributed by atoms with van der Waals surface area (Å²) in [4.78, 5) is 2.33. The number of nitrogens with zero attached hydrogens (tertiary/aromatic N) is 1. The predicted molar refractivity (Wildman–Crippen MR) is 128 cm³/mol. The molecule has 0 aromatic heterocycles. The van der Waals surface area contributed by atoms with Crippen molar-refractivity contribution in [3.8, 4) is 5.75 Å². The molecule has 0 saturated carbocycles. The highest BCUT2D eigenvalue weighted by molar-refractivity contribution is 6.32. The van der Waals surface area contributed by atoms with Gasteiger partial charge in [-0.15, -0.1) is 6.58 Å². The topological polar surface area (TPSA) is 62.2 Å². The van der Waals surface area contributed by atoms with Crippen LogP contribution in [0.2, 0.25) is 0 Å². The Balaban J connectivity index is 1.57. The molecule has 3 aliphatic rings. The van der Waals surface area contributed by atoms with Gasteiger partial charge in [-0.25, -0.2) is 0 Å². The Labute approximate surface area is 195 Å². The number of aliphatic hydroxyl groups is 2. The van der Waals surface area contributed by atoms with Crippen LogP contribution in [0.25, 0.3) is 0 Å². The smallest absolute Gasteiger partial charge is 0.142 e. The summed E-state index contributed by atoms with van der Waals surface area (Å²) >= 11 is 6.65. The van der Waals surface area contributed by atoms with E-state index in [0.717, 1.165) is 46.3 Å². The van der Waals surface area contributed by atoms with Crippen molar-refractivity contribution in [3.05, 3.63) is 70.8 Å². The van der Waals surface area contributed by atoms with Gasteiger partial charge in [0, 0.05) is 23.9 Å². The number of fused-ring (bicyclic) bond motifs is 1. The second kappa shape index (κ2) is 10.3. The highest BCUT2D eigenvalue weighted by atomic mass is 35.5. The van der Waals surface area contributed by atoms with Crippen LogP contribution < -0.4 is 9.64 Å². The first-order valence-electron chi connectivity index (χ1n) is 11.4. The highest BCUT2D eigenvalue weighted by Crippen LogP contribution is 2.36. The van der Waals surface area contributed by atoms with Crippen LogP contribution in [0.1, 0.15) is 25.3 Å². The molecule has 0 spiro atoms. The Bertz CT molecular complexity index is 938. The molecule has 2 aliphatic heterocycles. The monoisotopic (exact) mass is 457 g/mol. The molecule has 1 saturated heterocycles. The number of anilines is 1. The number of likely N-dealkylation sites (N-methyl/N-ethyl adjacent to an activating group) is 1. The Morgan fingerprint density at radius 3 is 2.91 bits per heavy atom. The molecule has 0 radical (unpaired) electrons. The molecule has 32 heavy (non-hydrogen) atoms. The number of aliphatic hydroxyl groups excluding tert-OH is 2. The van der Waals surface area contributed by atoms with Gasteiger partial charge in [0.15, 0.2) is 0 Å². The van der Waals surface area contributed by atoms with Crippen LogP contribution in [0.5, 0.6) is 5.75 Å². The summed E-state index contributed by atoms with van der Waals surface area (Å²) in [5, 5.41) is 21.1. The summed E-state index contributed by atoms with van der Waals surface area (Å²) in [6.45, 7) is 8.32. The van der Waals surface area contributed by atoms with Crippen LogP contribution in [0.4, 0.5) is 5.69 Å². The summed E-state index contributed by atoms with van der Waals surface area (Å²) < 4.78 is 12.0. The second-order valence-electron chi connectivity index (χ2n) is 8.53. The molecule has 1 aliphatic carbocycles. The summed E-state index contributed by atoms with van der Waals surface area (Å²) in [6, 6.07) is 6.32. The van der Waals surface area contributed by atoms with E-state index in [1.165, 1.54) is 0 Å². The van der Waals surface area contributed by atoms with Gasteiger partial charge in [0.05, 0.1) is 37.2 Å². The molecular weight excluding hydrogens is 426 g/mol. The van der Waals surface area contributed by atoms with E-state index < -0.39 is 12.2 Å². The zero-order valence-corrected chi connectivity index (χ0v) is 19.3. The molecule has 1 fully saturated rings. The fourth-order valence-corrected chi connectivity index (χ4v) is 4.98. The van der Waals surface area contributed by atoms with Gasteiger partial charge in [0.2, 0.25) is 0 Å². The van der Waals surface area contributed by atoms with Crippen molar-refractivity contribution in [2.24, 2.45) is 5.92 Å². The van der Waals surface area contributed by atoms with E-state index in [0.29, 0.717) is 25.9 Å². The van der Waals surface area contributed by atoms with Gasteiger partial charge in [-0.1, -0.05) is 42.0 Å². The molecule has 5 nitrogen and oxygen atoms in total. The third-order valence-corrected chi connectivity index (χ3v) is 6.95. The van der Waals surface area contributed by atoms with E-state index in [1.54, 1.807) is 6.08 Å². The molecule has 4 unspecified atom stereocenters. The minimum atomic E-state index is -0.603. The number of ether oxygens (including phenoxy) is 2. The van der Waals surface area contributed by atoms with Crippen LogP contribution in [-0.2, 0) is 11.2 Å². The first-order chi connectivity index (χ1) is 15.5. The molecule has 172 valence electrons. The van der Waals surface area contributed by atoms with E-state index >= 15 is 0 Å². The minimum Gasteiger partial charge on any atom is -0.490 e. The van der Waals surface area contributed by atoms with E-state index in [-0.39, 0.29) is 18.6 Å². The van der Waals surface area contributed by atoms with E-state index in [1.807, 2.05) is 12.1 Å². The average molecular weight is 458 g/mol. The molecule has 0 amide bonds. The summed E-state index contributed by atoms with van der Waals surface area (Å²) in [5.74, 6) is 0.655. The van der Waals surface area contributed by atoms with Gasteiger partial charge in [-0.2, -0.15) is 0 Å². The van der Waals surface area contributed by atoms with Crippen molar-refractivity contribution < 1.29 is 19.7 Å². The van der Waals surface area contributed by atoms with Gasteiger partial charge in [0.25, 0.3) is 0 Å². The first kappa shape index (κ1) is 23.1. The van der Waals surface area contributed by atoms with Gasteiger partial charge >= 0.3 is 0 Å². The van der Waals surface area contributed by atoms with Crippen LogP contribution >= 0.6 is 11.6 Å².